The predicted molar refractivity (Wildman–Crippen MR) is 137 cm³/mol. The van der Waals surface area contributed by atoms with Gasteiger partial charge < -0.3 is 35.4 Å². The number of esters is 1. The third kappa shape index (κ3) is 6.96. The average Bonchev–Trinajstić information content (AvgIpc) is 2.88. The molecule has 0 saturated heterocycles. The molecule has 1 saturated carbocycles. The Labute approximate surface area is 219 Å². The largest absolute Gasteiger partial charge is 0.462 e. The molecule has 2 aliphatic rings. The molecule has 6 N–H and O–H groups in total. The summed E-state index contributed by atoms with van der Waals surface area (Å²) < 4.78 is 5.95. The van der Waals surface area contributed by atoms with Gasteiger partial charge in [0.15, 0.2) is 5.78 Å². The fraction of sp³-hybridized carbons (Fsp3) is 0.714. The minimum atomic E-state index is -1.56. The van der Waals surface area contributed by atoms with E-state index >= 15 is 0 Å². The van der Waals surface area contributed by atoms with E-state index in [1.165, 1.54) is 32.1 Å². The number of fused-ring (bicyclic) bond motifs is 1. The van der Waals surface area contributed by atoms with Gasteiger partial charge in [0.2, 0.25) is 0 Å². The van der Waals surface area contributed by atoms with E-state index in [0.29, 0.717) is 18.4 Å². The number of rotatable bonds is 11. The van der Waals surface area contributed by atoms with Gasteiger partial charge in [-0.25, -0.2) is 0 Å². The van der Waals surface area contributed by atoms with Crippen LogP contribution in [0, 0.1) is 35.0 Å². The maximum atomic E-state index is 13.3. The van der Waals surface area contributed by atoms with E-state index in [4.69, 9.17) is 4.74 Å². The van der Waals surface area contributed by atoms with Crippen molar-refractivity contribution in [2.75, 3.05) is 13.2 Å². The maximum Gasteiger partial charge on any atom is 0.311 e. The summed E-state index contributed by atoms with van der Waals surface area (Å²) in [6, 6.07) is 0. The van der Waals surface area contributed by atoms with Crippen LogP contribution < -0.4 is 0 Å². The molecule has 210 valence electrons. The summed E-state index contributed by atoms with van der Waals surface area (Å²) in [5.41, 5.74) is -0.659. The standard InChI is InChI=1S/C28H44O9/c1-15(7-6-8-21(32)18(4)31)25(34)17(3)27(36)37-23-12-19(13-29)11-20-10-9-16(2)28(5,24(20)23)26(35)22(33)14-30/h6-10,16-25,29-34H,11-14H2,1-5H3/b8-6+,15-7+/t16-,17-,18+,19+,20-,21-,22-,23-,24+,25-,28-/m0/s1. The second-order valence-electron chi connectivity index (χ2n) is 11.0. The van der Waals surface area contributed by atoms with E-state index in [9.17, 15) is 40.2 Å². The molecular formula is C28H44O9. The third-order valence-corrected chi connectivity index (χ3v) is 8.32. The van der Waals surface area contributed by atoms with E-state index in [1.54, 1.807) is 13.8 Å². The zero-order chi connectivity index (χ0) is 28.1. The van der Waals surface area contributed by atoms with Crippen molar-refractivity contribution in [1.29, 1.82) is 0 Å². The Morgan fingerprint density at radius 2 is 1.76 bits per heavy atom. The molecule has 0 heterocycles. The quantitative estimate of drug-likeness (QED) is 0.131. The van der Waals surface area contributed by atoms with Crippen LogP contribution in [0.4, 0.5) is 0 Å². The topological polar surface area (TPSA) is 165 Å². The van der Waals surface area contributed by atoms with Gasteiger partial charge in [-0.05, 0) is 56.9 Å². The summed E-state index contributed by atoms with van der Waals surface area (Å²) in [5, 5.41) is 59.3. The van der Waals surface area contributed by atoms with Crippen LogP contribution in [0.5, 0.6) is 0 Å². The number of carbonyl (C=O) groups excluding carboxylic acids is 2. The SMILES string of the molecule is C/C(=C\C=C\[C@H](O)[C@@H](C)O)[C@H](O)[C@H](C)C(=O)O[C@H]1C[C@H](CO)C[C@@H]2C=C[C@H](C)[C@](C)(C(=O)[C@@H](O)CO)[C@@H]12. The summed E-state index contributed by atoms with van der Waals surface area (Å²) in [5.74, 6) is -3.19. The maximum absolute atomic E-state index is 13.3. The molecule has 0 unspecified atom stereocenters. The lowest BCUT2D eigenvalue weighted by atomic mass is 9.52. The van der Waals surface area contributed by atoms with Crippen LogP contribution in [0.15, 0.2) is 36.0 Å². The molecule has 0 radical (unpaired) electrons. The molecule has 2 rings (SSSR count). The smallest absolute Gasteiger partial charge is 0.311 e. The van der Waals surface area contributed by atoms with Gasteiger partial charge in [0.25, 0.3) is 0 Å². The molecule has 9 heteroatoms. The van der Waals surface area contributed by atoms with Gasteiger partial charge in [0, 0.05) is 17.9 Å². The Hall–Kier alpha value is -1.88. The van der Waals surface area contributed by atoms with Gasteiger partial charge in [0.1, 0.15) is 12.2 Å². The highest BCUT2D eigenvalue weighted by Crippen LogP contribution is 2.53. The number of aliphatic hydroxyl groups is 6. The van der Waals surface area contributed by atoms with Crippen molar-refractivity contribution >= 4 is 11.8 Å². The molecule has 0 aromatic rings. The number of ether oxygens (including phenoxy) is 1. The Morgan fingerprint density at radius 1 is 1.11 bits per heavy atom. The first-order valence-corrected chi connectivity index (χ1v) is 13.0. The molecule has 11 atom stereocenters. The Kier molecular flexibility index (Phi) is 11.2. The number of hydrogen-bond acceptors (Lipinski definition) is 9. The zero-order valence-electron chi connectivity index (χ0n) is 22.4. The van der Waals surface area contributed by atoms with Crippen molar-refractivity contribution in [2.45, 2.75) is 78.0 Å². The van der Waals surface area contributed by atoms with E-state index in [2.05, 4.69) is 0 Å². The van der Waals surface area contributed by atoms with Crippen LogP contribution >= 0.6 is 0 Å². The van der Waals surface area contributed by atoms with Gasteiger partial charge in [0.05, 0.1) is 30.8 Å². The van der Waals surface area contributed by atoms with Crippen LogP contribution in [0.1, 0.15) is 47.5 Å². The van der Waals surface area contributed by atoms with E-state index in [-0.39, 0.29) is 24.4 Å². The predicted octanol–water partition coefficient (Wildman–Crippen LogP) is 0.909. The van der Waals surface area contributed by atoms with Crippen molar-refractivity contribution in [3.8, 4) is 0 Å². The number of hydrogen-bond donors (Lipinski definition) is 6. The molecule has 1 fully saturated rings. The van der Waals surface area contributed by atoms with Crippen molar-refractivity contribution in [2.24, 2.45) is 35.0 Å². The number of ketones is 1. The second kappa shape index (κ2) is 13.3. The van der Waals surface area contributed by atoms with Gasteiger partial charge in [-0.2, -0.15) is 0 Å². The van der Waals surface area contributed by atoms with Gasteiger partial charge in [-0.15, -0.1) is 0 Å². The summed E-state index contributed by atoms with van der Waals surface area (Å²) in [7, 11) is 0. The summed E-state index contributed by atoms with van der Waals surface area (Å²) in [4.78, 5) is 26.5. The highest BCUT2D eigenvalue weighted by atomic mass is 16.5. The first-order chi connectivity index (χ1) is 17.3. The molecule has 0 bridgehead atoms. The second-order valence-corrected chi connectivity index (χ2v) is 11.0. The average molecular weight is 525 g/mol. The van der Waals surface area contributed by atoms with E-state index in [1.807, 2.05) is 19.1 Å². The fourth-order valence-corrected chi connectivity index (χ4v) is 5.68. The lowest BCUT2D eigenvalue weighted by Crippen LogP contribution is -2.57. The molecule has 0 aromatic heterocycles. The first kappa shape index (κ1) is 31.3. The van der Waals surface area contributed by atoms with Crippen molar-refractivity contribution in [3.05, 3.63) is 36.0 Å². The molecule has 0 aliphatic heterocycles. The molecule has 0 spiro atoms. The van der Waals surface area contributed by atoms with E-state index in [0.717, 1.165) is 0 Å². The van der Waals surface area contributed by atoms with Crippen LogP contribution in [0.25, 0.3) is 0 Å². The number of Topliss-reactive ketones (excluding diaryl/α,β-unsaturated/α-hetero) is 1. The molecule has 0 amide bonds. The van der Waals surface area contributed by atoms with Gasteiger partial charge in [-0.3, -0.25) is 9.59 Å². The van der Waals surface area contributed by atoms with Crippen molar-refractivity contribution in [3.63, 3.8) is 0 Å². The Bertz CT molecular complexity index is 879. The minimum Gasteiger partial charge on any atom is -0.462 e. The number of carbonyl (C=O) groups is 2. The molecular weight excluding hydrogens is 480 g/mol. The minimum absolute atomic E-state index is 0.102. The Balaban J connectivity index is 2.29. The fourth-order valence-electron chi connectivity index (χ4n) is 5.68. The first-order valence-electron chi connectivity index (χ1n) is 13.0. The highest BCUT2D eigenvalue weighted by molar-refractivity contribution is 5.89. The lowest BCUT2D eigenvalue weighted by Gasteiger charge is -2.53. The third-order valence-electron chi connectivity index (χ3n) is 8.32. The lowest BCUT2D eigenvalue weighted by molar-refractivity contribution is -0.177. The van der Waals surface area contributed by atoms with Gasteiger partial charge in [-0.1, -0.05) is 44.2 Å². The van der Waals surface area contributed by atoms with Crippen LogP contribution in [-0.2, 0) is 14.3 Å². The molecule has 9 nitrogen and oxygen atoms in total. The summed E-state index contributed by atoms with van der Waals surface area (Å²) >= 11 is 0. The van der Waals surface area contributed by atoms with Crippen LogP contribution in [0.3, 0.4) is 0 Å². The van der Waals surface area contributed by atoms with E-state index < -0.39 is 66.1 Å². The Morgan fingerprint density at radius 3 is 2.32 bits per heavy atom. The monoisotopic (exact) mass is 524 g/mol. The van der Waals surface area contributed by atoms with Crippen molar-refractivity contribution < 1.29 is 45.0 Å². The molecule has 0 aromatic carbocycles. The van der Waals surface area contributed by atoms with Crippen LogP contribution in [-0.4, -0.2) is 86.1 Å². The van der Waals surface area contributed by atoms with Gasteiger partial charge >= 0.3 is 5.97 Å². The van der Waals surface area contributed by atoms with Crippen LogP contribution in [0.2, 0.25) is 0 Å². The molecule has 2 aliphatic carbocycles. The normalized spacial score (nSPS) is 34.4. The molecule has 37 heavy (non-hydrogen) atoms. The number of aliphatic hydroxyl groups excluding tert-OH is 6. The van der Waals surface area contributed by atoms with Crippen molar-refractivity contribution in [1.82, 2.24) is 0 Å². The zero-order valence-corrected chi connectivity index (χ0v) is 22.4. The summed E-state index contributed by atoms with van der Waals surface area (Å²) in [6.45, 7) is 7.39. The number of allylic oxidation sites excluding steroid dienone is 4. The summed E-state index contributed by atoms with van der Waals surface area (Å²) in [6.07, 6.45) is 3.75. The highest BCUT2D eigenvalue weighted by Gasteiger charge is 2.57.